The van der Waals surface area contributed by atoms with Crippen molar-refractivity contribution in [1.29, 1.82) is 0 Å². The third kappa shape index (κ3) is 3.84. The molecule has 1 aromatic carbocycles. The number of rotatable bonds is 3. The van der Waals surface area contributed by atoms with Gasteiger partial charge in [0.05, 0.1) is 17.2 Å². The number of phenols is 1. The van der Waals surface area contributed by atoms with Gasteiger partial charge in [0.15, 0.2) is 11.4 Å². The third-order valence-corrected chi connectivity index (χ3v) is 8.58. The lowest BCUT2D eigenvalue weighted by molar-refractivity contribution is -0.153. The first-order valence-corrected chi connectivity index (χ1v) is 13.2. The molecule has 0 saturated heterocycles. The lowest BCUT2D eigenvalue weighted by Gasteiger charge is -2.50. The van der Waals surface area contributed by atoms with Gasteiger partial charge in [-0.2, -0.15) is 0 Å². The van der Waals surface area contributed by atoms with Gasteiger partial charge >= 0.3 is 0 Å². The Morgan fingerprint density at radius 3 is 2.40 bits per heavy atom. The third-order valence-electron chi connectivity index (χ3n) is 8.58. The van der Waals surface area contributed by atoms with Crippen molar-refractivity contribution in [2.75, 3.05) is 33.1 Å². The number of anilines is 1. The van der Waals surface area contributed by atoms with Crippen LogP contribution in [0, 0.1) is 23.7 Å². The molecule has 0 radical (unpaired) electrons. The van der Waals surface area contributed by atoms with Gasteiger partial charge in [-0.15, -0.1) is 0 Å². The fourth-order valence-corrected chi connectivity index (χ4v) is 6.72. The summed E-state index contributed by atoms with van der Waals surface area (Å²) in [6, 6.07) is 0.623. The van der Waals surface area contributed by atoms with Crippen LogP contribution in [0.3, 0.4) is 0 Å². The van der Waals surface area contributed by atoms with Crippen LogP contribution in [0.5, 0.6) is 5.75 Å². The Morgan fingerprint density at radius 1 is 1.12 bits per heavy atom. The first-order chi connectivity index (χ1) is 18.8. The van der Waals surface area contributed by atoms with Crippen LogP contribution in [-0.2, 0) is 20.8 Å². The van der Waals surface area contributed by atoms with Crippen molar-refractivity contribution < 1.29 is 34.8 Å². The van der Waals surface area contributed by atoms with Crippen molar-refractivity contribution in [1.82, 2.24) is 4.90 Å². The summed E-state index contributed by atoms with van der Waals surface area (Å²) < 4.78 is 0. The van der Waals surface area contributed by atoms with Crippen LogP contribution in [0.2, 0.25) is 0 Å². The predicted octanol–water partition coefficient (Wildman–Crippen LogP) is 1.49. The maximum atomic E-state index is 14.0. The van der Waals surface area contributed by atoms with Gasteiger partial charge in [0.1, 0.15) is 22.8 Å². The number of hydrogen-bond donors (Lipinski definition) is 5. The lowest BCUT2D eigenvalue weighted by Crippen LogP contribution is -2.65. The van der Waals surface area contributed by atoms with Crippen LogP contribution in [0.1, 0.15) is 42.4 Å². The molecule has 4 aliphatic carbocycles. The largest absolute Gasteiger partial charge is 0.508 e. The maximum Gasteiger partial charge on any atom is 0.255 e. The highest BCUT2D eigenvalue weighted by Crippen LogP contribution is 2.54. The van der Waals surface area contributed by atoms with Crippen molar-refractivity contribution in [2.24, 2.45) is 17.6 Å². The maximum absolute atomic E-state index is 14.0. The van der Waals surface area contributed by atoms with Gasteiger partial charge in [-0.3, -0.25) is 19.3 Å². The number of Topliss-reactive ketones (excluding diaryl/α,β-unsaturated/α-hetero) is 2. The van der Waals surface area contributed by atoms with E-state index < -0.39 is 58.0 Å². The van der Waals surface area contributed by atoms with Crippen molar-refractivity contribution in [3.05, 3.63) is 51.3 Å². The Bertz CT molecular complexity index is 1520. The van der Waals surface area contributed by atoms with Gasteiger partial charge < -0.3 is 31.1 Å². The number of benzene rings is 1. The first-order valence-electron chi connectivity index (χ1n) is 13.2. The van der Waals surface area contributed by atoms with Gasteiger partial charge in [0.2, 0.25) is 5.78 Å². The van der Waals surface area contributed by atoms with Gasteiger partial charge in [-0.1, -0.05) is 17.9 Å². The van der Waals surface area contributed by atoms with E-state index in [0.717, 1.165) is 24.8 Å². The second-order valence-electron chi connectivity index (χ2n) is 11.4. The molecule has 1 fully saturated rings. The Morgan fingerprint density at radius 2 is 1.82 bits per heavy atom. The van der Waals surface area contributed by atoms with E-state index in [1.165, 1.54) is 4.90 Å². The second-order valence-corrected chi connectivity index (χ2v) is 11.4. The zero-order chi connectivity index (χ0) is 29.3. The Kier molecular flexibility index (Phi) is 6.56. The Balaban J connectivity index is 1.73. The van der Waals surface area contributed by atoms with E-state index in [1.807, 2.05) is 25.1 Å². The predicted molar refractivity (Wildman–Crippen MR) is 147 cm³/mol. The molecular weight excluding hydrogens is 514 g/mol. The Hall–Kier alpha value is -4.07. The first kappa shape index (κ1) is 27.5. The van der Waals surface area contributed by atoms with E-state index in [-0.39, 0.29) is 35.3 Å². The van der Waals surface area contributed by atoms with Crippen LogP contribution < -0.4 is 10.6 Å². The number of ketones is 2. The van der Waals surface area contributed by atoms with Crippen molar-refractivity contribution in [2.45, 2.75) is 43.7 Å². The van der Waals surface area contributed by atoms with Gasteiger partial charge in [0.25, 0.3) is 5.91 Å². The summed E-state index contributed by atoms with van der Waals surface area (Å²) in [5.74, 6) is -0.678. The fourth-order valence-electron chi connectivity index (χ4n) is 6.72. The van der Waals surface area contributed by atoms with Crippen molar-refractivity contribution >= 4 is 28.9 Å². The molecule has 210 valence electrons. The number of carbonyl (C=O) groups is 3. The van der Waals surface area contributed by atoms with Gasteiger partial charge in [-0.05, 0) is 69.3 Å². The molecule has 6 N–H and O–H groups in total. The normalized spacial score (nSPS) is 27.6. The standard InChI is InChI=1S/C30H33N3O7/c1-32(2)19-13-15(10-9-14-7-5-6-8-14)24(34)21-17(19)11-16-12-18-23(33(3)4)26(36)22(29(31)39)28(38)30(18,40)27(37)20(16)25(21)35/h7,13,16,18,23,34-35,38,40H,5-6,8,11-12H2,1-4H3,(H2,31,39). The molecule has 0 spiro atoms. The highest BCUT2D eigenvalue weighted by Gasteiger charge is 2.64. The number of primary amides is 1. The lowest BCUT2D eigenvalue weighted by atomic mass is 9.57. The number of amides is 1. The molecule has 5 rings (SSSR count). The number of phenolic OH excluding ortho intramolecular Hbond substituents is 1. The number of nitrogens with two attached hydrogens (primary N) is 1. The van der Waals surface area contributed by atoms with E-state index in [2.05, 4.69) is 11.8 Å². The molecule has 4 unspecified atom stereocenters. The number of carbonyl (C=O) groups excluding carboxylic acids is 3. The molecule has 0 heterocycles. The van der Waals surface area contributed by atoms with E-state index >= 15 is 0 Å². The monoisotopic (exact) mass is 547 g/mol. The summed E-state index contributed by atoms with van der Waals surface area (Å²) in [5.41, 5.74) is 4.26. The van der Waals surface area contributed by atoms with Crippen LogP contribution in [0.4, 0.5) is 5.69 Å². The molecule has 1 saturated carbocycles. The summed E-state index contributed by atoms with van der Waals surface area (Å²) in [6.07, 6.45) is 5.12. The highest BCUT2D eigenvalue weighted by molar-refractivity contribution is 6.24. The van der Waals surface area contributed by atoms with Gasteiger partial charge in [0, 0.05) is 31.3 Å². The number of likely N-dealkylation sites (N-methyl/N-ethyl adjacent to an activating group) is 1. The zero-order valence-electron chi connectivity index (χ0n) is 22.9. The average Bonchev–Trinajstić information content (AvgIpc) is 3.39. The SMILES string of the molecule is CN(C)c1cc(C#CC2=CCCC2)c(O)c2c1CC1CC3C(N(C)C)C(=O)C(C(N)=O)=C(O)C3(O)C(=O)C1=C2O. The van der Waals surface area contributed by atoms with E-state index in [4.69, 9.17) is 5.73 Å². The second kappa shape index (κ2) is 9.54. The van der Waals surface area contributed by atoms with Crippen molar-refractivity contribution in [3.63, 3.8) is 0 Å². The number of aromatic hydroxyl groups is 1. The van der Waals surface area contributed by atoms with Crippen LogP contribution in [-0.4, -0.2) is 82.6 Å². The molecule has 40 heavy (non-hydrogen) atoms. The molecule has 4 atom stereocenters. The van der Waals surface area contributed by atoms with Gasteiger partial charge in [-0.25, -0.2) is 0 Å². The highest BCUT2D eigenvalue weighted by atomic mass is 16.3. The summed E-state index contributed by atoms with van der Waals surface area (Å²) in [6.45, 7) is 0. The number of allylic oxidation sites excluding steroid dienone is 2. The zero-order valence-corrected chi connectivity index (χ0v) is 22.9. The average molecular weight is 548 g/mol. The van der Waals surface area contributed by atoms with Crippen molar-refractivity contribution in [3.8, 4) is 17.6 Å². The molecule has 10 heteroatoms. The van der Waals surface area contributed by atoms with E-state index in [9.17, 15) is 34.8 Å². The fraction of sp³-hybridized carbons (Fsp3) is 0.433. The minimum absolute atomic E-state index is 0.0344. The molecule has 4 aliphatic rings. The summed E-state index contributed by atoms with van der Waals surface area (Å²) in [7, 11) is 6.78. The molecule has 1 aromatic rings. The topological polar surface area (TPSA) is 165 Å². The number of nitrogens with zero attached hydrogens (tertiary/aromatic N) is 2. The minimum Gasteiger partial charge on any atom is -0.508 e. The number of aliphatic hydroxyl groups is 3. The van der Waals surface area contributed by atoms with E-state index in [0.29, 0.717) is 11.3 Å². The summed E-state index contributed by atoms with van der Waals surface area (Å²) >= 11 is 0. The van der Waals surface area contributed by atoms with Crippen LogP contribution >= 0.6 is 0 Å². The molecule has 10 nitrogen and oxygen atoms in total. The molecular formula is C30H33N3O7. The molecule has 0 aromatic heterocycles. The minimum atomic E-state index is -2.67. The number of fused-ring (bicyclic) bond motifs is 3. The quantitative estimate of drug-likeness (QED) is 0.279. The van der Waals surface area contributed by atoms with Crippen LogP contribution in [0.25, 0.3) is 5.76 Å². The molecule has 0 bridgehead atoms. The Labute approximate surface area is 232 Å². The van der Waals surface area contributed by atoms with E-state index in [1.54, 1.807) is 20.2 Å². The number of aliphatic hydroxyl groups excluding tert-OH is 2. The summed E-state index contributed by atoms with van der Waals surface area (Å²) in [5, 5.41) is 45.6. The molecule has 1 amide bonds. The number of hydrogen-bond acceptors (Lipinski definition) is 9. The summed E-state index contributed by atoms with van der Waals surface area (Å²) in [4.78, 5) is 42.7. The smallest absolute Gasteiger partial charge is 0.255 e. The molecule has 0 aliphatic heterocycles. The van der Waals surface area contributed by atoms with Crippen LogP contribution in [0.15, 0.2) is 34.6 Å².